The molecule has 84 valence electrons. The van der Waals surface area contributed by atoms with Crippen LogP contribution in [-0.2, 0) is 0 Å². The summed E-state index contributed by atoms with van der Waals surface area (Å²) in [5, 5.41) is 13.3. The number of nitrogens with one attached hydrogen (secondary N) is 1. The number of aromatic nitrogens is 4. The van der Waals surface area contributed by atoms with E-state index in [2.05, 4.69) is 25.5 Å². The van der Waals surface area contributed by atoms with Crippen molar-refractivity contribution in [2.45, 2.75) is 13.0 Å². The maximum Gasteiger partial charge on any atom is 0.245 e. The number of nitrogens with zero attached hydrogens (tertiary/aromatic N) is 4. The van der Waals surface area contributed by atoms with Crippen LogP contribution in [0.2, 0.25) is 10.4 Å². The van der Waals surface area contributed by atoms with E-state index in [0.29, 0.717) is 5.82 Å². The Labute approximate surface area is 106 Å². The minimum absolute atomic E-state index is 0.00901. The number of hydrogen-bond acceptors (Lipinski definition) is 6. The highest BCUT2D eigenvalue weighted by Crippen LogP contribution is 2.23. The summed E-state index contributed by atoms with van der Waals surface area (Å²) in [6, 6.07) is -0.00901. The smallest absolute Gasteiger partial charge is 0.245 e. The number of halogens is 2. The molecular formula is C8H7Cl2N5S. The van der Waals surface area contributed by atoms with E-state index in [4.69, 9.17) is 23.2 Å². The first kappa shape index (κ1) is 11.5. The highest BCUT2D eigenvalue weighted by atomic mass is 35.5. The lowest BCUT2D eigenvalue weighted by molar-refractivity contribution is 0.848. The summed E-state index contributed by atoms with van der Waals surface area (Å²) >= 11 is 13.0. The van der Waals surface area contributed by atoms with Crippen molar-refractivity contribution in [3.05, 3.63) is 27.0 Å². The molecule has 5 nitrogen and oxygen atoms in total. The van der Waals surface area contributed by atoms with Crippen LogP contribution in [0.15, 0.2) is 11.6 Å². The van der Waals surface area contributed by atoms with E-state index in [0.717, 1.165) is 5.01 Å². The molecule has 8 heteroatoms. The Morgan fingerprint density at radius 3 is 2.88 bits per heavy atom. The average Bonchev–Trinajstić information content (AvgIpc) is 2.76. The van der Waals surface area contributed by atoms with Gasteiger partial charge in [0, 0.05) is 11.6 Å². The summed E-state index contributed by atoms with van der Waals surface area (Å²) in [6.45, 7) is 1.95. The average molecular weight is 276 g/mol. The Morgan fingerprint density at radius 1 is 1.38 bits per heavy atom. The Hall–Kier alpha value is -0.980. The molecule has 2 aromatic rings. The molecule has 16 heavy (non-hydrogen) atoms. The van der Waals surface area contributed by atoms with Crippen molar-refractivity contribution in [3.63, 3.8) is 0 Å². The number of anilines is 1. The molecule has 0 spiro atoms. The first-order chi connectivity index (χ1) is 7.66. The summed E-state index contributed by atoms with van der Waals surface area (Å²) in [5.41, 5.74) is 0. The van der Waals surface area contributed by atoms with E-state index in [1.165, 1.54) is 0 Å². The molecule has 0 amide bonds. The molecule has 2 rings (SSSR count). The fraction of sp³-hybridized carbons (Fsp3) is 0.250. The quantitative estimate of drug-likeness (QED) is 0.933. The zero-order valence-electron chi connectivity index (χ0n) is 8.19. The fourth-order valence-corrected chi connectivity index (χ4v) is 2.00. The minimum Gasteiger partial charge on any atom is -0.358 e. The van der Waals surface area contributed by atoms with Crippen LogP contribution in [0.5, 0.6) is 0 Å². The van der Waals surface area contributed by atoms with Crippen LogP contribution in [0.25, 0.3) is 0 Å². The first-order valence-electron chi connectivity index (χ1n) is 4.38. The Balaban J connectivity index is 2.17. The second kappa shape index (κ2) is 4.90. The van der Waals surface area contributed by atoms with Gasteiger partial charge in [-0.05, 0) is 18.5 Å². The van der Waals surface area contributed by atoms with Crippen molar-refractivity contribution >= 4 is 40.4 Å². The number of thiazole rings is 1. The number of hydrogen-bond donors (Lipinski definition) is 1. The normalized spacial score (nSPS) is 12.4. The van der Waals surface area contributed by atoms with Crippen LogP contribution in [0.3, 0.4) is 0 Å². The van der Waals surface area contributed by atoms with Gasteiger partial charge in [0.05, 0.1) is 6.04 Å². The fourth-order valence-electron chi connectivity index (χ4n) is 1.10. The molecule has 1 N–H and O–H groups in total. The molecule has 0 saturated heterocycles. The Kier molecular flexibility index (Phi) is 3.52. The lowest BCUT2D eigenvalue weighted by Crippen LogP contribution is -2.09. The molecule has 0 fully saturated rings. The van der Waals surface area contributed by atoms with Crippen molar-refractivity contribution < 1.29 is 0 Å². The third-order valence-electron chi connectivity index (χ3n) is 1.79. The second-order valence-corrected chi connectivity index (χ2v) is 4.58. The van der Waals surface area contributed by atoms with Gasteiger partial charge in [-0.25, -0.2) is 4.98 Å². The largest absolute Gasteiger partial charge is 0.358 e. The molecule has 0 aliphatic carbocycles. The van der Waals surface area contributed by atoms with E-state index in [-0.39, 0.29) is 16.5 Å². The zero-order valence-corrected chi connectivity index (χ0v) is 10.5. The molecule has 2 heterocycles. The van der Waals surface area contributed by atoms with E-state index < -0.39 is 0 Å². The van der Waals surface area contributed by atoms with E-state index in [9.17, 15) is 0 Å². The predicted molar refractivity (Wildman–Crippen MR) is 64.0 cm³/mol. The van der Waals surface area contributed by atoms with Crippen molar-refractivity contribution in [1.29, 1.82) is 0 Å². The van der Waals surface area contributed by atoms with Crippen LogP contribution in [0.1, 0.15) is 18.0 Å². The van der Waals surface area contributed by atoms with Gasteiger partial charge in [0.25, 0.3) is 0 Å². The Bertz CT molecular complexity index is 475. The van der Waals surface area contributed by atoms with E-state index in [1.54, 1.807) is 17.5 Å². The van der Waals surface area contributed by atoms with Crippen molar-refractivity contribution in [1.82, 2.24) is 20.2 Å². The predicted octanol–water partition coefficient (Wildman–Crippen LogP) is 2.81. The molecule has 2 aromatic heterocycles. The van der Waals surface area contributed by atoms with Gasteiger partial charge in [-0.2, -0.15) is 4.98 Å². The molecule has 0 radical (unpaired) electrons. The molecule has 0 saturated carbocycles. The number of rotatable bonds is 3. The topological polar surface area (TPSA) is 63.6 Å². The summed E-state index contributed by atoms with van der Waals surface area (Å²) in [7, 11) is 0. The van der Waals surface area contributed by atoms with Gasteiger partial charge in [0.2, 0.25) is 5.28 Å². The van der Waals surface area contributed by atoms with Gasteiger partial charge in [-0.3, -0.25) is 0 Å². The van der Waals surface area contributed by atoms with Gasteiger partial charge in [-0.1, -0.05) is 11.6 Å². The van der Waals surface area contributed by atoms with E-state index in [1.807, 2.05) is 12.3 Å². The molecule has 0 aliphatic rings. The molecule has 0 bridgehead atoms. The van der Waals surface area contributed by atoms with Crippen LogP contribution in [-0.4, -0.2) is 20.2 Å². The van der Waals surface area contributed by atoms with E-state index >= 15 is 0 Å². The van der Waals surface area contributed by atoms with Crippen LogP contribution >= 0.6 is 34.5 Å². The monoisotopic (exact) mass is 275 g/mol. The highest BCUT2D eigenvalue weighted by molar-refractivity contribution is 7.09. The summed E-state index contributed by atoms with van der Waals surface area (Å²) < 4.78 is 0. The van der Waals surface area contributed by atoms with Crippen LogP contribution in [0, 0.1) is 0 Å². The van der Waals surface area contributed by atoms with Crippen molar-refractivity contribution in [2.75, 3.05) is 5.32 Å². The van der Waals surface area contributed by atoms with Crippen LogP contribution in [0.4, 0.5) is 5.82 Å². The SMILES string of the molecule is CC(Nc1nc(Cl)nnc1Cl)c1nccs1. The van der Waals surface area contributed by atoms with Gasteiger partial charge in [-0.15, -0.1) is 21.5 Å². The van der Waals surface area contributed by atoms with Crippen molar-refractivity contribution in [3.8, 4) is 0 Å². The third kappa shape index (κ3) is 2.58. The first-order valence-corrected chi connectivity index (χ1v) is 6.02. The lowest BCUT2D eigenvalue weighted by Gasteiger charge is -2.11. The van der Waals surface area contributed by atoms with Gasteiger partial charge in [0.1, 0.15) is 5.01 Å². The van der Waals surface area contributed by atoms with Gasteiger partial charge in [0.15, 0.2) is 11.0 Å². The van der Waals surface area contributed by atoms with Gasteiger partial charge >= 0.3 is 0 Å². The molecule has 0 aromatic carbocycles. The summed E-state index contributed by atoms with van der Waals surface area (Å²) in [4.78, 5) is 8.13. The van der Waals surface area contributed by atoms with Crippen molar-refractivity contribution in [2.24, 2.45) is 0 Å². The second-order valence-electron chi connectivity index (χ2n) is 2.96. The molecule has 0 aliphatic heterocycles. The standard InChI is InChI=1S/C8H7Cl2N5S/c1-4(7-11-2-3-16-7)12-6-5(9)14-15-8(10)13-6/h2-4H,1H3,(H,12,13,15). The zero-order chi connectivity index (χ0) is 11.5. The third-order valence-corrected chi connectivity index (χ3v) is 3.17. The molecule has 1 atom stereocenters. The maximum absolute atomic E-state index is 5.83. The highest BCUT2D eigenvalue weighted by Gasteiger charge is 2.12. The summed E-state index contributed by atoms with van der Waals surface area (Å²) in [5.74, 6) is 0.407. The minimum atomic E-state index is -0.00901. The van der Waals surface area contributed by atoms with Crippen LogP contribution < -0.4 is 5.32 Å². The maximum atomic E-state index is 5.83. The molecular weight excluding hydrogens is 269 g/mol. The molecule has 1 unspecified atom stereocenters. The Morgan fingerprint density at radius 2 is 2.19 bits per heavy atom. The lowest BCUT2D eigenvalue weighted by atomic mass is 10.3. The summed E-state index contributed by atoms with van der Waals surface area (Å²) in [6.07, 6.45) is 1.74. The van der Waals surface area contributed by atoms with Gasteiger partial charge < -0.3 is 5.32 Å².